The maximum Gasteiger partial charge on any atom is 0.209 e. The molecule has 105 heavy (non-hydrogen) atoms. The summed E-state index contributed by atoms with van der Waals surface area (Å²) in [4.78, 5) is 26.7. The molecule has 2 aromatic heterocycles. The van der Waals surface area contributed by atoms with E-state index >= 15 is 0 Å². The summed E-state index contributed by atoms with van der Waals surface area (Å²) in [6.45, 7) is 71.6. The van der Waals surface area contributed by atoms with Crippen LogP contribution in [0.4, 0.5) is 53.2 Å². The van der Waals surface area contributed by atoms with Crippen molar-refractivity contribution in [3.63, 3.8) is 0 Å². The lowest BCUT2D eigenvalue weighted by atomic mass is 9.87. The minimum Gasteiger partial charge on any atom is -0.380 e. The SMILES string of the molecule is CC.CC.CCC1C2CN(c3cc(C)ccn3)CC12.Cc1ccc(F)c(N2CC3C(C2)C3C(C)(C)C)c1.Cc1ccc(N2CC3C(C2)C3C(C)(C)C)cc1F.Cc1cccc(N2CC3C(C)C3C2)c1F.Cc1ccnc(N2CC3C(C2)C3C(C)(C)C)c1.[C-]#[N+]c1ccccc1N1CC2C(C1)C2C(C)(C)C. The average Bonchev–Trinajstić information content (AvgIpc) is 1.58. The van der Waals surface area contributed by atoms with Gasteiger partial charge in [-0.25, -0.2) is 28.0 Å². The van der Waals surface area contributed by atoms with E-state index in [0.717, 1.165) is 204 Å². The molecular weight excluding hydrogens is 1300 g/mol. The maximum atomic E-state index is 13.9. The molecular formula is C93H132F3N9. The van der Waals surface area contributed by atoms with Gasteiger partial charge in [0.2, 0.25) is 5.69 Å². The molecule has 12 atom stereocenters. The number of rotatable bonds is 7. The summed E-state index contributed by atoms with van der Waals surface area (Å²) in [6, 6.07) is 33.2. The number of piperidine rings is 6. The smallest absolute Gasteiger partial charge is 0.209 e. The fourth-order valence-corrected chi connectivity index (χ4v) is 21.2. The Morgan fingerprint density at radius 2 is 0.771 bits per heavy atom. The van der Waals surface area contributed by atoms with Gasteiger partial charge in [0.05, 0.1) is 17.9 Å². The molecule has 12 unspecified atom stereocenters. The van der Waals surface area contributed by atoms with E-state index in [1.165, 1.54) is 55.4 Å². The summed E-state index contributed by atoms with van der Waals surface area (Å²) in [6.07, 6.45) is 5.21. The van der Waals surface area contributed by atoms with Gasteiger partial charge in [0.1, 0.15) is 29.1 Å². The van der Waals surface area contributed by atoms with Gasteiger partial charge in [-0.1, -0.05) is 174 Å². The Kier molecular flexibility index (Phi) is 23.8. The van der Waals surface area contributed by atoms with Crippen molar-refractivity contribution in [3.8, 4) is 0 Å². The van der Waals surface area contributed by atoms with E-state index in [2.05, 4.69) is 191 Å². The molecule has 8 heterocycles. The number of hydrogen-bond donors (Lipinski definition) is 0. The number of pyridine rings is 2. The molecule has 12 aliphatic rings. The third kappa shape index (κ3) is 17.5. The van der Waals surface area contributed by atoms with Crippen LogP contribution in [0.3, 0.4) is 0 Å². The average molecular weight is 1430 g/mol. The van der Waals surface area contributed by atoms with Crippen LogP contribution < -0.4 is 29.4 Å². The summed E-state index contributed by atoms with van der Waals surface area (Å²) in [5.74, 6) is 17.9. The van der Waals surface area contributed by atoms with Gasteiger partial charge in [0.25, 0.3) is 0 Å². The van der Waals surface area contributed by atoms with Crippen LogP contribution in [0, 0.1) is 187 Å². The van der Waals surface area contributed by atoms with Gasteiger partial charge in [-0.2, -0.15) is 0 Å². The molecule has 6 aliphatic heterocycles. The number of fused-ring (bicyclic) bond motifs is 6. The lowest BCUT2D eigenvalue weighted by Crippen LogP contribution is -2.28. The van der Waals surface area contributed by atoms with Crippen molar-refractivity contribution in [1.29, 1.82) is 0 Å². The topological polar surface area (TPSA) is 49.6 Å². The molecule has 6 saturated heterocycles. The van der Waals surface area contributed by atoms with Crippen LogP contribution in [0.25, 0.3) is 4.85 Å². The molecule has 18 rings (SSSR count). The molecule has 0 spiro atoms. The van der Waals surface area contributed by atoms with E-state index in [1.807, 2.05) is 115 Å². The van der Waals surface area contributed by atoms with Crippen LogP contribution in [-0.4, -0.2) is 88.5 Å². The normalized spacial score (nSPS) is 30.2. The number of benzene rings is 4. The van der Waals surface area contributed by atoms with Crippen molar-refractivity contribution in [2.24, 2.45) is 128 Å². The molecule has 570 valence electrons. The summed E-state index contributed by atoms with van der Waals surface area (Å²) in [7, 11) is 0. The predicted octanol–water partition coefficient (Wildman–Crippen LogP) is 22.2. The Bertz CT molecular complexity index is 3910. The number of hydrogen-bond acceptors (Lipinski definition) is 8. The molecule has 12 heteroatoms. The summed E-state index contributed by atoms with van der Waals surface area (Å²) < 4.78 is 41.3. The second kappa shape index (κ2) is 31.5. The van der Waals surface area contributed by atoms with Crippen LogP contribution in [0.15, 0.2) is 116 Å². The van der Waals surface area contributed by atoms with Crippen molar-refractivity contribution in [3.05, 3.63) is 172 Å². The third-order valence-corrected chi connectivity index (χ3v) is 26.5. The van der Waals surface area contributed by atoms with Gasteiger partial charge < -0.3 is 29.4 Å². The standard InChI is InChI=1S/2C16H22FN.C16H20N2.C15H22N2.C13H16FN.C13H18N2.2C2H6/c1-10-5-6-11(7-14(10)17)18-8-12-13(9-18)15(12)16(2,3)4;1-10-5-6-13(17)14(7-10)18-8-11-12(9-18)15(11)16(2,3)4;1-16(2,3)15-11-9-18(10-12(11)15)14-8-6-5-7-13(14)17-4;1-10-5-6-16-13(7-10)17-8-11-12(9-17)14(11)15(2,3)4;1-8-4-3-5-12(13(8)14)15-6-10-9(2)11(10)7-15;1-3-10-11-7-15(8-12(10)11)13-6-9(2)4-5-14-13;2*1-2/h5-7,12-13,15H,8-9H2,1-4H3;5-7,11-12,15H,8-9H2,1-4H3;5-8,11-12,15H,9-10H2,1-3H3;5-7,11-12,14H,8-9H2,1-4H3;3-5,9-11H,6-7H2,1-2H3;4-6,10-12H,3,7-8H2,1-2H3;2*1-2H3. The maximum absolute atomic E-state index is 13.9. The molecule has 0 amide bonds. The first-order chi connectivity index (χ1) is 49.7. The Morgan fingerprint density at radius 1 is 0.390 bits per heavy atom. The molecule has 6 aliphatic carbocycles. The first kappa shape index (κ1) is 79.3. The number of nitrogens with zero attached hydrogens (tertiary/aromatic N) is 9. The zero-order chi connectivity index (χ0) is 76.3. The molecule has 9 nitrogen and oxygen atoms in total. The number of halogens is 3. The van der Waals surface area contributed by atoms with Crippen molar-refractivity contribution >= 4 is 40.1 Å². The van der Waals surface area contributed by atoms with Crippen LogP contribution in [-0.2, 0) is 0 Å². The lowest BCUT2D eigenvalue weighted by molar-refractivity contribution is 0.308. The van der Waals surface area contributed by atoms with Crippen molar-refractivity contribution in [1.82, 2.24) is 9.97 Å². The van der Waals surface area contributed by atoms with Crippen molar-refractivity contribution < 1.29 is 13.2 Å². The molecule has 6 saturated carbocycles. The largest absolute Gasteiger partial charge is 0.380 e. The van der Waals surface area contributed by atoms with E-state index in [1.54, 1.807) is 12.1 Å². The van der Waals surface area contributed by atoms with Gasteiger partial charge >= 0.3 is 0 Å². The van der Waals surface area contributed by atoms with Crippen LogP contribution in [0.5, 0.6) is 0 Å². The summed E-state index contributed by atoms with van der Waals surface area (Å²) in [5.41, 5.74) is 11.6. The highest BCUT2D eigenvalue weighted by Crippen LogP contribution is 2.64. The van der Waals surface area contributed by atoms with E-state index in [-0.39, 0.29) is 17.5 Å². The van der Waals surface area contributed by atoms with E-state index in [4.69, 9.17) is 6.57 Å². The molecule has 0 N–H and O–H groups in total. The van der Waals surface area contributed by atoms with Gasteiger partial charge in [0, 0.05) is 102 Å². The Morgan fingerprint density at radius 3 is 1.19 bits per heavy atom. The zero-order valence-corrected chi connectivity index (χ0v) is 68.7. The molecule has 0 radical (unpaired) electrons. The second-order valence-electron chi connectivity index (χ2n) is 37.7. The monoisotopic (exact) mass is 1430 g/mol. The minimum atomic E-state index is -0.0829. The van der Waals surface area contributed by atoms with Gasteiger partial charge in [-0.05, 0) is 251 Å². The lowest BCUT2D eigenvalue weighted by Gasteiger charge is -2.27. The highest BCUT2D eigenvalue weighted by Gasteiger charge is 2.63. The number of anilines is 6. The van der Waals surface area contributed by atoms with Gasteiger partial charge in [-0.15, -0.1) is 0 Å². The molecule has 12 fully saturated rings. The first-order valence-corrected chi connectivity index (χ1v) is 40.8. The highest BCUT2D eigenvalue weighted by atomic mass is 19.1. The second-order valence-corrected chi connectivity index (χ2v) is 37.7. The van der Waals surface area contributed by atoms with Gasteiger partial charge in [0.15, 0.2) is 0 Å². The highest BCUT2D eigenvalue weighted by molar-refractivity contribution is 5.71. The Balaban J connectivity index is 0.000000125. The van der Waals surface area contributed by atoms with Crippen molar-refractivity contribution in [2.45, 2.75) is 166 Å². The van der Waals surface area contributed by atoms with Gasteiger partial charge in [-0.3, -0.25) is 0 Å². The molecule has 0 bridgehead atoms. The Hall–Kier alpha value is -6.74. The minimum absolute atomic E-state index is 0.0357. The first-order valence-electron chi connectivity index (χ1n) is 40.8. The fraction of sp³-hybridized carbons (Fsp3) is 0.624. The fourth-order valence-electron chi connectivity index (χ4n) is 21.2. The summed E-state index contributed by atoms with van der Waals surface area (Å²) >= 11 is 0. The molecule has 4 aromatic carbocycles. The van der Waals surface area contributed by atoms with Crippen LogP contribution >= 0.6 is 0 Å². The number of para-hydroxylation sites is 2. The van der Waals surface area contributed by atoms with E-state index in [0.29, 0.717) is 21.7 Å². The third-order valence-electron chi connectivity index (χ3n) is 26.5. The van der Waals surface area contributed by atoms with Crippen LogP contribution in [0.2, 0.25) is 0 Å². The van der Waals surface area contributed by atoms with E-state index < -0.39 is 0 Å². The Labute approximate surface area is 633 Å². The predicted molar refractivity (Wildman–Crippen MR) is 437 cm³/mol. The number of aromatic nitrogens is 2. The summed E-state index contributed by atoms with van der Waals surface area (Å²) in [5, 5.41) is 0. The van der Waals surface area contributed by atoms with E-state index in [9.17, 15) is 13.2 Å². The quantitative estimate of drug-likeness (QED) is 0.147. The van der Waals surface area contributed by atoms with Crippen molar-refractivity contribution in [2.75, 3.05) is 108 Å². The zero-order valence-electron chi connectivity index (χ0n) is 68.7. The number of aryl methyl sites for hydroxylation is 5. The van der Waals surface area contributed by atoms with Crippen LogP contribution in [0.1, 0.15) is 159 Å². The molecule has 6 aromatic rings.